The Morgan fingerprint density at radius 1 is 1.35 bits per heavy atom. The normalized spacial score (nSPS) is 24.3. The van der Waals surface area contributed by atoms with Crippen LogP contribution in [0.4, 0.5) is 5.82 Å². The van der Waals surface area contributed by atoms with Gasteiger partial charge in [0.05, 0.1) is 0 Å². The average Bonchev–Trinajstić information content (AvgIpc) is 2.76. The summed E-state index contributed by atoms with van der Waals surface area (Å²) in [6.07, 6.45) is 2.98. The Hall–Kier alpha value is -1.61. The van der Waals surface area contributed by atoms with Gasteiger partial charge in [0, 0.05) is 17.6 Å². The molecule has 3 rings (SSSR count). The van der Waals surface area contributed by atoms with Crippen LogP contribution in [-0.4, -0.2) is 11.5 Å². The zero-order valence-corrected chi connectivity index (χ0v) is 9.98. The summed E-state index contributed by atoms with van der Waals surface area (Å²) in [6.45, 7) is 3.40. The van der Waals surface area contributed by atoms with Crippen LogP contribution < -0.4 is 11.1 Å². The van der Waals surface area contributed by atoms with Crippen molar-refractivity contribution < 1.29 is 0 Å². The van der Waals surface area contributed by atoms with Crippen LogP contribution in [0, 0.1) is 5.92 Å². The van der Waals surface area contributed by atoms with Crippen molar-refractivity contribution in [1.29, 1.82) is 0 Å². The Bertz CT molecular complexity index is 550. The number of hydrogen-bond acceptors (Lipinski definition) is 3. The van der Waals surface area contributed by atoms with Gasteiger partial charge in [-0.05, 0) is 42.0 Å². The number of nitrogen functional groups attached to an aromatic ring is 1. The van der Waals surface area contributed by atoms with Gasteiger partial charge in [0.15, 0.2) is 0 Å². The monoisotopic (exact) mass is 227 g/mol. The third-order valence-electron chi connectivity index (χ3n) is 3.57. The van der Waals surface area contributed by atoms with E-state index < -0.39 is 0 Å². The lowest BCUT2D eigenvalue weighted by atomic mass is 9.99. The summed E-state index contributed by atoms with van der Waals surface area (Å²) in [5.74, 6) is 1.38. The van der Waals surface area contributed by atoms with Gasteiger partial charge < -0.3 is 11.1 Å². The highest BCUT2D eigenvalue weighted by molar-refractivity contribution is 5.91. The van der Waals surface area contributed by atoms with Crippen LogP contribution in [0.2, 0.25) is 0 Å². The number of anilines is 1. The zero-order chi connectivity index (χ0) is 11.8. The maximum Gasteiger partial charge on any atom is 0.131 e. The predicted molar refractivity (Wildman–Crippen MR) is 70.7 cm³/mol. The Morgan fingerprint density at radius 3 is 3.00 bits per heavy atom. The largest absolute Gasteiger partial charge is 0.383 e. The second kappa shape index (κ2) is 4.00. The Balaban J connectivity index is 2.02. The fourth-order valence-corrected chi connectivity index (χ4v) is 2.60. The van der Waals surface area contributed by atoms with Crippen molar-refractivity contribution >= 4 is 16.6 Å². The maximum atomic E-state index is 5.86. The van der Waals surface area contributed by atoms with Crippen LogP contribution in [0.3, 0.4) is 0 Å². The summed E-state index contributed by atoms with van der Waals surface area (Å²) in [5, 5.41) is 5.78. The molecule has 0 spiro atoms. The second-order valence-electron chi connectivity index (χ2n) is 4.98. The lowest BCUT2D eigenvalue weighted by Crippen LogP contribution is -2.13. The van der Waals surface area contributed by atoms with Crippen molar-refractivity contribution in [2.24, 2.45) is 5.92 Å². The molecule has 2 atom stereocenters. The van der Waals surface area contributed by atoms with E-state index in [1.165, 1.54) is 17.4 Å². The third kappa shape index (κ3) is 1.87. The van der Waals surface area contributed by atoms with Gasteiger partial charge in [0.25, 0.3) is 0 Å². The van der Waals surface area contributed by atoms with Crippen molar-refractivity contribution in [2.75, 3.05) is 12.3 Å². The molecule has 1 aromatic carbocycles. The van der Waals surface area contributed by atoms with Crippen LogP contribution >= 0.6 is 0 Å². The molecule has 2 heterocycles. The minimum atomic E-state index is 0.490. The molecule has 1 aliphatic rings. The fraction of sp³-hybridized carbons (Fsp3) is 0.357. The quantitative estimate of drug-likeness (QED) is 0.787. The molecule has 0 saturated carbocycles. The molecule has 1 fully saturated rings. The van der Waals surface area contributed by atoms with E-state index in [4.69, 9.17) is 5.73 Å². The summed E-state index contributed by atoms with van der Waals surface area (Å²) >= 11 is 0. The summed E-state index contributed by atoms with van der Waals surface area (Å²) in [5.41, 5.74) is 7.21. The molecule has 17 heavy (non-hydrogen) atoms. The first kappa shape index (κ1) is 10.5. The molecular formula is C14H17N3. The van der Waals surface area contributed by atoms with Crippen molar-refractivity contribution in [2.45, 2.75) is 19.4 Å². The van der Waals surface area contributed by atoms with E-state index in [1.807, 2.05) is 6.07 Å². The number of fused-ring (bicyclic) bond motifs is 1. The van der Waals surface area contributed by atoms with Crippen LogP contribution in [0.1, 0.15) is 24.9 Å². The minimum Gasteiger partial charge on any atom is -0.383 e. The SMILES string of the molecule is CC1CN[C@@H](c2ccc3c(N)nccc3c2)C1. The van der Waals surface area contributed by atoms with Crippen LogP contribution in [-0.2, 0) is 0 Å². The molecule has 1 saturated heterocycles. The first-order chi connectivity index (χ1) is 8.24. The van der Waals surface area contributed by atoms with Crippen molar-refractivity contribution in [3.8, 4) is 0 Å². The number of nitrogens with zero attached hydrogens (tertiary/aromatic N) is 1. The first-order valence-electron chi connectivity index (χ1n) is 6.11. The molecule has 3 nitrogen and oxygen atoms in total. The van der Waals surface area contributed by atoms with E-state index in [9.17, 15) is 0 Å². The van der Waals surface area contributed by atoms with E-state index >= 15 is 0 Å². The number of nitrogens with one attached hydrogen (secondary N) is 1. The van der Waals surface area contributed by atoms with E-state index in [2.05, 4.69) is 35.4 Å². The number of hydrogen-bond donors (Lipinski definition) is 2. The van der Waals surface area contributed by atoms with Crippen LogP contribution in [0.5, 0.6) is 0 Å². The van der Waals surface area contributed by atoms with Gasteiger partial charge in [-0.2, -0.15) is 0 Å². The van der Waals surface area contributed by atoms with E-state index in [0.29, 0.717) is 11.9 Å². The van der Waals surface area contributed by atoms with Gasteiger partial charge in [0.2, 0.25) is 0 Å². The minimum absolute atomic E-state index is 0.490. The van der Waals surface area contributed by atoms with Crippen molar-refractivity contribution in [3.05, 3.63) is 36.0 Å². The topological polar surface area (TPSA) is 50.9 Å². The highest BCUT2D eigenvalue weighted by atomic mass is 14.9. The number of rotatable bonds is 1. The van der Waals surface area contributed by atoms with Gasteiger partial charge in [-0.15, -0.1) is 0 Å². The Labute approximate surface area is 101 Å². The number of nitrogens with two attached hydrogens (primary N) is 1. The fourth-order valence-electron chi connectivity index (χ4n) is 2.60. The predicted octanol–water partition coefficient (Wildman–Crippen LogP) is 2.49. The molecule has 0 bridgehead atoms. The molecular weight excluding hydrogens is 210 g/mol. The van der Waals surface area contributed by atoms with E-state index in [0.717, 1.165) is 17.8 Å². The Kier molecular flexibility index (Phi) is 2.48. The molecule has 0 radical (unpaired) electrons. The summed E-state index contributed by atoms with van der Waals surface area (Å²) in [7, 11) is 0. The summed E-state index contributed by atoms with van der Waals surface area (Å²) in [6, 6.07) is 8.98. The summed E-state index contributed by atoms with van der Waals surface area (Å²) in [4.78, 5) is 4.11. The summed E-state index contributed by atoms with van der Waals surface area (Å²) < 4.78 is 0. The van der Waals surface area contributed by atoms with Crippen molar-refractivity contribution in [3.63, 3.8) is 0 Å². The third-order valence-corrected chi connectivity index (χ3v) is 3.57. The second-order valence-corrected chi connectivity index (χ2v) is 4.98. The average molecular weight is 227 g/mol. The lowest BCUT2D eigenvalue weighted by Gasteiger charge is -2.12. The smallest absolute Gasteiger partial charge is 0.131 e. The van der Waals surface area contributed by atoms with E-state index in [-0.39, 0.29) is 0 Å². The molecule has 0 amide bonds. The van der Waals surface area contributed by atoms with Gasteiger partial charge in [0.1, 0.15) is 5.82 Å². The highest BCUT2D eigenvalue weighted by Gasteiger charge is 2.21. The van der Waals surface area contributed by atoms with Crippen LogP contribution in [0.15, 0.2) is 30.5 Å². The highest BCUT2D eigenvalue weighted by Crippen LogP contribution is 2.29. The Morgan fingerprint density at radius 2 is 2.24 bits per heavy atom. The van der Waals surface area contributed by atoms with E-state index in [1.54, 1.807) is 6.20 Å². The lowest BCUT2D eigenvalue weighted by molar-refractivity contribution is 0.612. The number of benzene rings is 1. The van der Waals surface area contributed by atoms with Gasteiger partial charge in [-0.3, -0.25) is 0 Å². The molecule has 88 valence electrons. The molecule has 1 unspecified atom stereocenters. The molecule has 1 aromatic heterocycles. The van der Waals surface area contributed by atoms with Crippen LogP contribution in [0.25, 0.3) is 10.8 Å². The molecule has 3 N–H and O–H groups in total. The molecule has 3 heteroatoms. The molecule has 0 aliphatic carbocycles. The molecule has 1 aliphatic heterocycles. The maximum absolute atomic E-state index is 5.86. The van der Waals surface area contributed by atoms with Gasteiger partial charge in [-0.25, -0.2) is 4.98 Å². The first-order valence-corrected chi connectivity index (χ1v) is 6.11. The van der Waals surface area contributed by atoms with Gasteiger partial charge in [-0.1, -0.05) is 19.1 Å². The molecule has 2 aromatic rings. The standard InChI is InChI=1S/C14H17N3/c1-9-6-13(17-8-9)11-2-3-12-10(7-11)4-5-16-14(12)15/h2-5,7,9,13,17H,6,8H2,1H3,(H2,15,16)/t9?,13-/m1/s1. The van der Waals surface area contributed by atoms with Crippen molar-refractivity contribution in [1.82, 2.24) is 10.3 Å². The zero-order valence-electron chi connectivity index (χ0n) is 9.98. The number of pyridine rings is 1. The van der Waals surface area contributed by atoms with Gasteiger partial charge >= 0.3 is 0 Å². The number of aromatic nitrogens is 1.